The maximum Gasteiger partial charge on any atom is 0.190 e. The highest BCUT2D eigenvalue weighted by Gasteiger charge is 2.49. The molecule has 2 unspecified atom stereocenters. The molecule has 182 valence electrons. The van der Waals surface area contributed by atoms with Gasteiger partial charge in [0.25, 0.3) is 0 Å². The molecule has 0 bridgehead atoms. The summed E-state index contributed by atoms with van der Waals surface area (Å²) in [7, 11) is -3.88. The minimum atomic E-state index is -3.88. The van der Waals surface area contributed by atoms with Crippen molar-refractivity contribution in [2.75, 3.05) is 0 Å². The fourth-order valence-electron chi connectivity index (χ4n) is 5.35. The Morgan fingerprint density at radius 3 is 2.57 bits per heavy atom. The van der Waals surface area contributed by atoms with Gasteiger partial charge in [-0.25, -0.2) is 8.42 Å². The number of hydrogen-bond acceptors (Lipinski definition) is 6. The van der Waals surface area contributed by atoms with E-state index in [9.17, 15) is 13.2 Å². The van der Waals surface area contributed by atoms with E-state index in [4.69, 9.17) is 13.9 Å². The zero-order chi connectivity index (χ0) is 25.3. The van der Waals surface area contributed by atoms with Crippen LogP contribution in [0.3, 0.4) is 0 Å². The molecule has 0 amide bonds. The molecule has 37 heavy (non-hydrogen) atoms. The highest BCUT2D eigenvalue weighted by molar-refractivity contribution is 7.93. The van der Waals surface area contributed by atoms with Crippen molar-refractivity contribution >= 4 is 32.2 Å². The van der Waals surface area contributed by atoms with Gasteiger partial charge in [-0.2, -0.15) is 0 Å². The normalized spacial score (nSPS) is 22.4. The molecular formula is C30H20O6S. The lowest BCUT2D eigenvalue weighted by molar-refractivity contribution is 0.0985. The van der Waals surface area contributed by atoms with Crippen LogP contribution in [0.2, 0.25) is 0 Å². The Hall–Kier alpha value is -4.36. The molecule has 3 aliphatic rings. The van der Waals surface area contributed by atoms with Crippen LogP contribution in [0.15, 0.2) is 112 Å². The van der Waals surface area contributed by atoms with E-state index in [0.29, 0.717) is 28.6 Å². The standard InChI is InChI=1S/C30H20O6S/c1-17-12-19(36-27-16-26-18(10-11-34-26)13-23(17)27)14-20-15-24(21-6-2-4-8-25(21)35-20)30-29(31)22-7-3-5-9-28(22)37(30,32)33/h2-16,24,30H,1H3/b19-14+. The van der Waals surface area contributed by atoms with E-state index in [2.05, 4.69) is 0 Å². The first-order chi connectivity index (χ1) is 17.9. The molecule has 3 aliphatic heterocycles. The minimum Gasteiger partial charge on any atom is -0.464 e. The van der Waals surface area contributed by atoms with Crippen LogP contribution in [0, 0.1) is 0 Å². The predicted octanol–water partition coefficient (Wildman–Crippen LogP) is 6.21. The number of fused-ring (bicyclic) bond motifs is 4. The van der Waals surface area contributed by atoms with Gasteiger partial charge in [0.15, 0.2) is 15.6 Å². The highest BCUT2D eigenvalue weighted by atomic mass is 32.2. The van der Waals surface area contributed by atoms with Crippen molar-refractivity contribution in [1.29, 1.82) is 0 Å². The molecule has 3 aromatic carbocycles. The number of benzene rings is 3. The molecule has 4 heterocycles. The summed E-state index contributed by atoms with van der Waals surface area (Å²) in [6.45, 7) is 2.00. The van der Waals surface area contributed by atoms with E-state index in [1.54, 1.807) is 48.7 Å². The van der Waals surface area contributed by atoms with Crippen LogP contribution in [0.5, 0.6) is 11.5 Å². The Morgan fingerprint density at radius 2 is 1.70 bits per heavy atom. The average Bonchev–Trinajstić information content (AvgIpc) is 3.42. The zero-order valence-electron chi connectivity index (χ0n) is 19.7. The number of rotatable bonds is 2. The Morgan fingerprint density at radius 1 is 0.892 bits per heavy atom. The topological polar surface area (TPSA) is 82.8 Å². The summed E-state index contributed by atoms with van der Waals surface area (Å²) in [5.41, 5.74) is 3.58. The third-order valence-corrected chi connectivity index (χ3v) is 9.22. The van der Waals surface area contributed by atoms with Crippen molar-refractivity contribution in [2.24, 2.45) is 0 Å². The van der Waals surface area contributed by atoms with Gasteiger partial charge in [0.1, 0.15) is 33.9 Å². The molecule has 6 nitrogen and oxygen atoms in total. The number of Topliss-reactive ketones (excluding diaryl/α,β-unsaturated/α-hetero) is 1. The summed E-state index contributed by atoms with van der Waals surface area (Å²) in [4.78, 5) is 13.5. The molecule has 4 aromatic rings. The third kappa shape index (κ3) is 3.31. The monoisotopic (exact) mass is 508 g/mol. The van der Waals surface area contributed by atoms with Crippen molar-refractivity contribution in [1.82, 2.24) is 0 Å². The minimum absolute atomic E-state index is 0.0808. The molecule has 0 radical (unpaired) electrons. The van der Waals surface area contributed by atoms with E-state index >= 15 is 0 Å². The zero-order valence-corrected chi connectivity index (χ0v) is 20.5. The van der Waals surface area contributed by atoms with Gasteiger partial charge in [-0.05, 0) is 48.9 Å². The second kappa shape index (κ2) is 7.82. The summed E-state index contributed by atoms with van der Waals surface area (Å²) in [6.07, 6.45) is 6.97. The number of hydrogen-bond donors (Lipinski definition) is 0. The molecule has 2 atom stereocenters. The predicted molar refractivity (Wildman–Crippen MR) is 138 cm³/mol. The maximum absolute atomic E-state index is 13.5. The first kappa shape index (κ1) is 21.9. The number of allylic oxidation sites excluding steroid dienone is 4. The van der Waals surface area contributed by atoms with E-state index in [1.807, 2.05) is 43.3 Å². The van der Waals surface area contributed by atoms with Crippen molar-refractivity contribution in [3.05, 3.63) is 119 Å². The lowest BCUT2D eigenvalue weighted by Crippen LogP contribution is -2.31. The Bertz CT molecular complexity index is 1840. The van der Waals surface area contributed by atoms with Crippen molar-refractivity contribution in [3.63, 3.8) is 0 Å². The fraction of sp³-hybridized carbons (Fsp3) is 0.100. The van der Waals surface area contributed by atoms with Crippen LogP contribution < -0.4 is 9.47 Å². The Balaban J connectivity index is 1.32. The van der Waals surface area contributed by atoms with Gasteiger partial charge in [-0.15, -0.1) is 0 Å². The molecule has 0 saturated carbocycles. The summed E-state index contributed by atoms with van der Waals surface area (Å²) < 4.78 is 44.9. The quantitative estimate of drug-likeness (QED) is 0.320. The lowest BCUT2D eigenvalue weighted by Gasteiger charge is -2.27. The second-order valence-electron chi connectivity index (χ2n) is 9.34. The van der Waals surface area contributed by atoms with Crippen LogP contribution in [-0.2, 0) is 9.84 Å². The molecule has 0 aliphatic carbocycles. The van der Waals surface area contributed by atoms with Crippen LogP contribution in [0.4, 0.5) is 0 Å². The lowest BCUT2D eigenvalue weighted by atomic mass is 9.88. The van der Waals surface area contributed by atoms with Gasteiger partial charge < -0.3 is 13.9 Å². The molecule has 0 fully saturated rings. The number of furan rings is 1. The molecule has 0 spiro atoms. The first-order valence-electron chi connectivity index (χ1n) is 11.9. The molecule has 7 heteroatoms. The molecule has 1 aromatic heterocycles. The number of sulfone groups is 1. The molecule has 7 rings (SSSR count). The van der Waals surface area contributed by atoms with E-state index < -0.39 is 26.8 Å². The fourth-order valence-corrected chi connectivity index (χ4v) is 7.39. The number of ketones is 1. The van der Waals surface area contributed by atoms with Crippen molar-refractivity contribution in [3.8, 4) is 11.5 Å². The Kier molecular flexibility index (Phi) is 4.62. The van der Waals surface area contributed by atoms with Gasteiger partial charge in [0.2, 0.25) is 0 Å². The van der Waals surface area contributed by atoms with Gasteiger partial charge >= 0.3 is 0 Å². The van der Waals surface area contributed by atoms with Gasteiger partial charge in [0.05, 0.1) is 11.2 Å². The summed E-state index contributed by atoms with van der Waals surface area (Å²) in [5.74, 6) is 0.987. The van der Waals surface area contributed by atoms with Gasteiger partial charge in [-0.3, -0.25) is 4.79 Å². The van der Waals surface area contributed by atoms with Crippen molar-refractivity contribution < 1.29 is 27.1 Å². The molecular weight excluding hydrogens is 488 g/mol. The van der Waals surface area contributed by atoms with Gasteiger partial charge in [0, 0.05) is 40.1 Å². The maximum atomic E-state index is 13.5. The van der Waals surface area contributed by atoms with Gasteiger partial charge in [-0.1, -0.05) is 36.4 Å². The summed E-state index contributed by atoms with van der Waals surface area (Å²) in [6, 6.07) is 19.4. The largest absolute Gasteiger partial charge is 0.464 e. The van der Waals surface area contributed by atoms with E-state index in [1.165, 1.54) is 6.07 Å². The van der Waals surface area contributed by atoms with Crippen LogP contribution >= 0.6 is 0 Å². The first-order valence-corrected chi connectivity index (χ1v) is 13.4. The molecule has 0 N–H and O–H groups in total. The highest BCUT2D eigenvalue weighted by Crippen LogP contribution is 2.45. The number of ether oxygens (including phenoxy) is 2. The van der Waals surface area contributed by atoms with Crippen LogP contribution in [0.1, 0.15) is 34.3 Å². The number of para-hydroxylation sites is 1. The SMILES string of the molecule is CC1=C/C(=C\C2=CC(C3C(=O)c4ccccc4S3(=O)=O)c3ccccc3O2)Oc2cc3occc3cc21. The Labute approximate surface area is 213 Å². The van der Waals surface area contributed by atoms with Crippen LogP contribution in [0.25, 0.3) is 16.5 Å². The van der Waals surface area contributed by atoms with E-state index in [-0.39, 0.29) is 10.5 Å². The summed E-state index contributed by atoms with van der Waals surface area (Å²) in [5, 5.41) is -0.274. The number of carbonyl (C=O) groups is 1. The molecule has 0 saturated heterocycles. The van der Waals surface area contributed by atoms with E-state index in [0.717, 1.165) is 22.1 Å². The van der Waals surface area contributed by atoms with Crippen molar-refractivity contribution in [2.45, 2.75) is 23.0 Å². The average molecular weight is 509 g/mol. The van der Waals surface area contributed by atoms with Crippen LogP contribution in [-0.4, -0.2) is 19.5 Å². The summed E-state index contributed by atoms with van der Waals surface area (Å²) >= 11 is 0. The second-order valence-corrected chi connectivity index (χ2v) is 11.4. The smallest absolute Gasteiger partial charge is 0.190 e. The third-order valence-electron chi connectivity index (χ3n) is 7.08. The number of carbonyl (C=O) groups excluding carboxylic acids is 1.